The van der Waals surface area contributed by atoms with Gasteiger partial charge >= 0.3 is 21.3 Å². The lowest BCUT2D eigenvalue weighted by atomic mass is 10.1. The molecule has 10 heteroatoms. The molecule has 33 heavy (non-hydrogen) atoms. The van der Waals surface area contributed by atoms with Gasteiger partial charge < -0.3 is 4.74 Å². The molecule has 0 aromatic heterocycles. The summed E-state index contributed by atoms with van der Waals surface area (Å²) >= 11 is 0. The summed E-state index contributed by atoms with van der Waals surface area (Å²) in [4.78, 5) is 27.2. The lowest BCUT2D eigenvalue weighted by Crippen LogP contribution is -2.34. The van der Waals surface area contributed by atoms with Gasteiger partial charge in [0.05, 0.1) is 10.9 Å². The summed E-state index contributed by atoms with van der Waals surface area (Å²) in [5.41, 5.74) is 0.176. The van der Waals surface area contributed by atoms with Crippen molar-refractivity contribution in [2.24, 2.45) is 0 Å². The number of Topliss-reactive ketones (excluding diaryl/α,β-unsaturated/α-hetero) is 1. The molecule has 0 saturated carbocycles. The predicted molar refractivity (Wildman–Crippen MR) is 118 cm³/mol. The minimum atomic E-state index is -5.74. The van der Waals surface area contributed by atoms with Crippen LogP contribution in [0.4, 0.5) is 8.78 Å². The van der Waals surface area contributed by atoms with E-state index in [1.54, 1.807) is 12.1 Å². The fraction of sp³-hybridized carbons (Fsp3) is 0.130. The molecule has 0 atom stereocenters. The molecule has 0 fully saturated rings. The molecule has 1 N–H and O–H groups in total. The van der Waals surface area contributed by atoms with Gasteiger partial charge in [0.1, 0.15) is 6.42 Å². The van der Waals surface area contributed by atoms with Crippen LogP contribution in [0.2, 0.25) is 0 Å². The first-order chi connectivity index (χ1) is 15.6. The van der Waals surface area contributed by atoms with Crippen molar-refractivity contribution in [2.75, 3.05) is 6.61 Å². The average Bonchev–Trinajstić information content (AvgIpc) is 2.79. The van der Waals surface area contributed by atoms with Crippen LogP contribution in [0.25, 0.3) is 0 Å². The van der Waals surface area contributed by atoms with Crippen molar-refractivity contribution in [3.63, 3.8) is 0 Å². The summed E-state index contributed by atoms with van der Waals surface area (Å²) in [6, 6.07) is 25.9. The molecular formula is C23H19F2O6S2+. The maximum atomic E-state index is 13.2. The van der Waals surface area contributed by atoms with Crippen molar-refractivity contribution < 1.29 is 36.1 Å². The van der Waals surface area contributed by atoms with E-state index in [-0.39, 0.29) is 5.56 Å². The molecule has 0 saturated heterocycles. The van der Waals surface area contributed by atoms with E-state index in [4.69, 9.17) is 4.55 Å². The lowest BCUT2D eigenvalue weighted by molar-refractivity contribution is -0.148. The Labute approximate surface area is 192 Å². The topological polar surface area (TPSA) is 97.7 Å². The van der Waals surface area contributed by atoms with Crippen LogP contribution >= 0.6 is 0 Å². The standard InChI is InChI=1S/C23H18F2O6S2/c24-23(25,33(28,29)30)16-31-22(27)15-21(26)17-8-7-13-20(14-17)32(18-9-3-1-4-10-18)19-11-5-2-6-12-19/h1-14H,15-16H2/p+1. The summed E-state index contributed by atoms with van der Waals surface area (Å²) in [7, 11) is -6.28. The van der Waals surface area contributed by atoms with Gasteiger partial charge in [-0.3, -0.25) is 14.1 Å². The Balaban J connectivity index is 1.80. The van der Waals surface area contributed by atoms with Gasteiger partial charge in [-0.05, 0) is 30.3 Å². The number of halogens is 2. The summed E-state index contributed by atoms with van der Waals surface area (Å²) in [6.45, 7) is -1.89. The number of ketones is 1. The molecule has 0 amide bonds. The minimum Gasteiger partial charge on any atom is -0.458 e. The summed E-state index contributed by atoms with van der Waals surface area (Å²) in [5, 5.41) is -4.66. The molecule has 3 aromatic carbocycles. The second-order valence-corrected chi connectivity index (χ2v) is 10.4. The molecule has 3 rings (SSSR count). The monoisotopic (exact) mass is 493 g/mol. The molecule has 0 radical (unpaired) electrons. The maximum absolute atomic E-state index is 13.2. The summed E-state index contributed by atoms with van der Waals surface area (Å²) in [5.74, 6) is -2.01. The van der Waals surface area contributed by atoms with E-state index < -0.39 is 51.0 Å². The minimum absolute atomic E-state index is 0.176. The number of carbonyl (C=O) groups excluding carboxylic acids is 2. The van der Waals surface area contributed by atoms with E-state index in [1.165, 1.54) is 6.07 Å². The first-order valence-corrected chi connectivity index (χ1v) is 12.2. The molecular weight excluding hydrogens is 474 g/mol. The SMILES string of the molecule is O=C(CC(=O)c1cccc([S+](c2ccccc2)c2ccccc2)c1)OCC(F)(F)S(=O)(=O)O. The molecule has 3 aromatic rings. The molecule has 0 unspecified atom stereocenters. The van der Waals surface area contributed by atoms with Crippen molar-refractivity contribution in [3.8, 4) is 0 Å². The smallest absolute Gasteiger partial charge is 0.402 e. The highest BCUT2D eigenvalue weighted by molar-refractivity contribution is 7.97. The maximum Gasteiger partial charge on any atom is 0.402 e. The largest absolute Gasteiger partial charge is 0.458 e. The quantitative estimate of drug-likeness (QED) is 0.156. The number of esters is 1. The zero-order valence-corrected chi connectivity index (χ0v) is 18.7. The normalized spacial score (nSPS) is 11.9. The Kier molecular flexibility index (Phi) is 7.62. The fourth-order valence-electron chi connectivity index (χ4n) is 2.84. The Morgan fingerprint density at radius 3 is 1.88 bits per heavy atom. The number of ether oxygens (including phenoxy) is 1. The second kappa shape index (κ2) is 10.2. The van der Waals surface area contributed by atoms with Crippen LogP contribution in [-0.4, -0.2) is 36.6 Å². The fourth-order valence-corrected chi connectivity index (χ4v) is 5.18. The number of alkyl halides is 2. The average molecular weight is 494 g/mol. The van der Waals surface area contributed by atoms with Crippen LogP contribution in [0.3, 0.4) is 0 Å². The summed E-state index contributed by atoms with van der Waals surface area (Å²) < 4.78 is 60.3. The van der Waals surface area contributed by atoms with Gasteiger partial charge in [-0.15, -0.1) is 0 Å². The van der Waals surface area contributed by atoms with Gasteiger partial charge in [0.15, 0.2) is 27.1 Å². The van der Waals surface area contributed by atoms with Crippen molar-refractivity contribution in [1.82, 2.24) is 0 Å². The Morgan fingerprint density at radius 1 is 0.848 bits per heavy atom. The van der Waals surface area contributed by atoms with Crippen LogP contribution in [-0.2, 0) is 30.5 Å². The number of hydrogen-bond donors (Lipinski definition) is 1. The molecule has 0 bridgehead atoms. The van der Waals surface area contributed by atoms with E-state index in [2.05, 4.69) is 4.74 Å². The van der Waals surface area contributed by atoms with Gasteiger partial charge in [-0.2, -0.15) is 17.2 Å². The van der Waals surface area contributed by atoms with E-state index >= 15 is 0 Å². The van der Waals surface area contributed by atoms with Crippen LogP contribution in [0.15, 0.2) is 99.6 Å². The molecule has 0 aliphatic rings. The summed E-state index contributed by atoms with van der Waals surface area (Å²) in [6.07, 6.45) is -0.866. The number of carbonyl (C=O) groups is 2. The zero-order chi connectivity index (χ0) is 24.1. The third-order valence-corrected chi connectivity index (χ3v) is 7.52. The van der Waals surface area contributed by atoms with Gasteiger partial charge in [0.2, 0.25) is 0 Å². The molecule has 6 nitrogen and oxygen atoms in total. The Morgan fingerprint density at radius 2 is 1.36 bits per heavy atom. The third-order valence-electron chi connectivity index (χ3n) is 4.43. The van der Waals surface area contributed by atoms with Gasteiger partial charge in [0, 0.05) is 11.6 Å². The lowest BCUT2D eigenvalue weighted by Gasteiger charge is -2.13. The van der Waals surface area contributed by atoms with Crippen molar-refractivity contribution in [1.29, 1.82) is 0 Å². The van der Waals surface area contributed by atoms with Crippen molar-refractivity contribution >= 4 is 32.8 Å². The second-order valence-electron chi connectivity index (χ2n) is 6.83. The molecule has 172 valence electrons. The predicted octanol–water partition coefficient (Wildman–Crippen LogP) is 4.38. The van der Waals surface area contributed by atoms with Gasteiger partial charge in [0.25, 0.3) is 0 Å². The van der Waals surface area contributed by atoms with Crippen molar-refractivity contribution in [2.45, 2.75) is 26.4 Å². The molecule has 0 spiro atoms. The van der Waals surface area contributed by atoms with Crippen molar-refractivity contribution in [3.05, 3.63) is 90.5 Å². The van der Waals surface area contributed by atoms with E-state index in [0.29, 0.717) is 0 Å². The van der Waals surface area contributed by atoms with Crippen LogP contribution < -0.4 is 0 Å². The van der Waals surface area contributed by atoms with E-state index in [9.17, 15) is 26.8 Å². The van der Waals surface area contributed by atoms with Crippen LogP contribution in [0.1, 0.15) is 16.8 Å². The van der Waals surface area contributed by atoms with Crippen LogP contribution in [0, 0.1) is 0 Å². The highest BCUT2D eigenvalue weighted by atomic mass is 32.2. The highest BCUT2D eigenvalue weighted by Gasteiger charge is 2.45. The van der Waals surface area contributed by atoms with E-state index in [1.807, 2.05) is 66.7 Å². The third kappa shape index (κ3) is 6.25. The number of benzene rings is 3. The first-order valence-electron chi connectivity index (χ1n) is 9.56. The molecule has 0 aliphatic heterocycles. The zero-order valence-electron chi connectivity index (χ0n) is 17.1. The highest BCUT2D eigenvalue weighted by Crippen LogP contribution is 2.31. The number of hydrogen-bond acceptors (Lipinski definition) is 5. The van der Waals surface area contributed by atoms with Gasteiger partial charge in [-0.1, -0.05) is 48.5 Å². The van der Waals surface area contributed by atoms with Crippen LogP contribution in [0.5, 0.6) is 0 Å². The molecule has 0 aliphatic carbocycles. The Bertz CT molecular complexity index is 1190. The molecule has 0 heterocycles. The first kappa shape index (κ1) is 24.6. The Hall–Kier alpha value is -3.08. The van der Waals surface area contributed by atoms with Gasteiger partial charge in [-0.25, -0.2) is 0 Å². The number of rotatable bonds is 9. The van der Waals surface area contributed by atoms with E-state index in [0.717, 1.165) is 14.7 Å².